The second kappa shape index (κ2) is 13.1. The van der Waals surface area contributed by atoms with Crippen LogP contribution in [0.4, 0.5) is 0 Å². The topological polar surface area (TPSA) is 134 Å². The van der Waals surface area contributed by atoms with Gasteiger partial charge in [-0.1, -0.05) is 23.2 Å². The second-order valence-corrected chi connectivity index (χ2v) is 11.7. The van der Waals surface area contributed by atoms with E-state index >= 15 is 0 Å². The number of rotatable bonds is 9. The summed E-state index contributed by atoms with van der Waals surface area (Å²) in [6.07, 6.45) is 4.66. The van der Waals surface area contributed by atoms with E-state index < -0.39 is 30.1 Å². The maximum Gasteiger partial charge on any atom is 0.304 e. The van der Waals surface area contributed by atoms with Crippen molar-refractivity contribution in [3.05, 3.63) is 74.2 Å². The number of thiophene rings is 1. The van der Waals surface area contributed by atoms with Crippen LogP contribution in [0.1, 0.15) is 34.3 Å². The summed E-state index contributed by atoms with van der Waals surface area (Å²) < 4.78 is 11.6. The van der Waals surface area contributed by atoms with Crippen LogP contribution in [0.15, 0.2) is 47.5 Å². The number of aliphatic carboxylic acids is 1. The SMILES string of the molecule is Cc1c(C(=O)NCC(CC(=O)O)C(=O)NC2=CCN(C(=O)/C=C/c3cc4ccsc4c(Cl)c3Cl)CC2)ccc2c1OCO2. The molecule has 3 N–H and O–H groups in total. The zero-order valence-electron chi connectivity index (χ0n) is 22.9. The molecule has 3 aromatic rings. The van der Waals surface area contributed by atoms with Crippen molar-refractivity contribution in [1.29, 1.82) is 0 Å². The van der Waals surface area contributed by atoms with Gasteiger partial charge in [-0.3, -0.25) is 19.2 Å². The molecule has 10 nitrogen and oxygen atoms in total. The lowest BCUT2D eigenvalue weighted by molar-refractivity contribution is -0.141. The van der Waals surface area contributed by atoms with Crippen LogP contribution in [0, 0.1) is 12.8 Å². The first-order valence-electron chi connectivity index (χ1n) is 13.3. The Hall–Kier alpha value is -4.06. The highest BCUT2D eigenvalue weighted by Gasteiger charge is 2.26. The number of nitrogens with one attached hydrogen (secondary N) is 2. The van der Waals surface area contributed by atoms with E-state index in [2.05, 4.69) is 10.6 Å². The van der Waals surface area contributed by atoms with Crippen LogP contribution in [0.25, 0.3) is 16.2 Å². The number of benzene rings is 2. The van der Waals surface area contributed by atoms with Gasteiger partial charge in [-0.05, 0) is 59.7 Å². The molecule has 5 rings (SSSR count). The van der Waals surface area contributed by atoms with Crippen LogP contribution >= 0.6 is 34.5 Å². The summed E-state index contributed by atoms with van der Waals surface area (Å²) in [4.78, 5) is 51.7. The number of fused-ring (bicyclic) bond motifs is 2. The van der Waals surface area contributed by atoms with Crippen molar-refractivity contribution in [3.63, 3.8) is 0 Å². The number of hydrogen-bond donors (Lipinski definition) is 3. The molecule has 13 heteroatoms. The lowest BCUT2D eigenvalue weighted by atomic mass is 10.0. The van der Waals surface area contributed by atoms with E-state index in [0.29, 0.717) is 56.9 Å². The zero-order valence-corrected chi connectivity index (χ0v) is 25.3. The summed E-state index contributed by atoms with van der Waals surface area (Å²) in [6, 6.07) is 7.02. The zero-order chi connectivity index (χ0) is 30.7. The Kier molecular flexibility index (Phi) is 9.24. The molecular weight excluding hydrogens is 617 g/mol. The van der Waals surface area contributed by atoms with Crippen molar-refractivity contribution in [1.82, 2.24) is 15.5 Å². The minimum atomic E-state index is -1.17. The Balaban J connectivity index is 1.17. The van der Waals surface area contributed by atoms with Crippen molar-refractivity contribution in [2.75, 3.05) is 26.4 Å². The number of amides is 3. The number of carboxylic acid groups (broad SMARTS) is 1. The first-order chi connectivity index (χ1) is 20.6. The molecule has 1 aromatic heterocycles. The molecular formula is C30H27Cl2N3O7S. The molecule has 1 unspecified atom stereocenters. The van der Waals surface area contributed by atoms with Gasteiger partial charge in [-0.15, -0.1) is 11.3 Å². The predicted octanol–water partition coefficient (Wildman–Crippen LogP) is 5.01. The fourth-order valence-corrected chi connectivity index (χ4v) is 6.28. The Labute approximate surface area is 260 Å². The van der Waals surface area contributed by atoms with E-state index in [-0.39, 0.29) is 25.8 Å². The van der Waals surface area contributed by atoms with Crippen LogP contribution in [0.2, 0.25) is 10.0 Å². The van der Waals surface area contributed by atoms with Gasteiger partial charge in [0.05, 0.1) is 27.1 Å². The van der Waals surface area contributed by atoms with Gasteiger partial charge in [0.25, 0.3) is 5.91 Å². The molecule has 0 fully saturated rings. The van der Waals surface area contributed by atoms with E-state index in [1.54, 1.807) is 36.1 Å². The van der Waals surface area contributed by atoms with E-state index in [0.717, 1.165) is 10.1 Å². The summed E-state index contributed by atoms with van der Waals surface area (Å²) in [5.74, 6) is -2.40. The van der Waals surface area contributed by atoms with E-state index in [4.69, 9.17) is 32.7 Å². The molecule has 0 bridgehead atoms. The van der Waals surface area contributed by atoms with Crippen LogP contribution < -0.4 is 20.1 Å². The average Bonchev–Trinajstić information content (AvgIpc) is 3.67. The molecule has 0 spiro atoms. The number of halogens is 2. The third-order valence-electron chi connectivity index (χ3n) is 7.20. The van der Waals surface area contributed by atoms with Crippen molar-refractivity contribution in [3.8, 4) is 11.5 Å². The van der Waals surface area contributed by atoms with Gasteiger partial charge in [-0.2, -0.15) is 0 Å². The molecule has 2 aliphatic heterocycles. The summed E-state index contributed by atoms with van der Waals surface area (Å²) in [5.41, 5.74) is 2.13. The highest BCUT2D eigenvalue weighted by molar-refractivity contribution is 7.18. The molecule has 0 aliphatic carbocycles. The minimum absolute atomic E-state index is 0.0668. The predicted molar refractivity (Wildman–Crippen MR) is 164 cm³/mol. The van der Waals surface area contributed by atoms with Crippen LogP contribution in [0.3, 0.4) is 0 Å². The molecule has 0 radical (unpaired) electrons. The third kappa shape index (κ3) is 6.79. The second-order valence-electron chi connectivity index (χ2n) is 10.00. The van der Waals surface area contributed by atoms with Crippen molar-refractivity contribution in [2.45, 2.75) is 19.8 Å². The van der Waals surface area contributed by atoms with Crippen LogP contribution in [-0.4, -0.2) is 60.1 Å². The maximum absolute atomic E-state index is 13.0. The molecule has 3 heterocycles. The monoisotopic (exact) mass is 643 g/mol. The van der Waals surface area contributed by atoms with Gasteiger partial charge >= 0.3 is 5.97 Å². The van der Waals surface area contributed by atoms with Gasteiger partial charge in [-0.25, -0.2) is 0 Å². The fraction of sp³-hybridized carbons (Fsp3) is 0.267. The number of ether oxygens (including phenoxy) is 2. The standard InChI is InChI=1S/C30H27Cl2N3O7S/c1-16-21(3-4-22-27(16)42-15-41-22)30(40)33-14-19(13-24(37)38)29(39)34-20-6-9-35(10-7-20)23(36)5-2-17-12-18-8-11-43-28(18)26(32)25(17)31/h2-6,8,11-12,19H,7,9-10,13-15H2,1H3,(H,33,40)(H,34,39)(H,37,38)/b5-2+. The van der Waals surface area contributed by atoms with Crippen LogP contribution in [-0.2, 0) is 14.4 Å². The minimum Gasteiger partial charge on any atom is -0.481 e. The lowest BCUT2D eigenvalue weighted by Gasteiger charge is -2.26. The van der Waals surface area contributed by atoms with Gasteiger partial charge in [0.15, 0.2) is 11.5 Å². The van der Waals surface area contributed by atoms with Crippen molar-refractivity contribution in [2.24, 2.45) is 5.92 Å². The van der Waals surface area contributed by atoms with E-state index in [1.165, 1.54) is 17.4 Å². The van der Waals surface area contributed by atoms with Crippen molar-refractivity contribution >= 4 is 74.4 Å². The fourth-order valence-electron chi connectivity index (χ4n) is 4.84. The molecule has 224 valence electrons. The Bertz CT molecular complexity index is 1680. The molecule has 3 amide bonds. The smallest absolute Gasteiger partial charge is 0.304 e. The van der Waals surface area contributed by atoms with Crippen molar-refractivity contribution < 1.29 is 33.8 Å². The Morgan fingerprint density at radius 1 is 1.16 bits per heavy atom. The van der Waals surface area contributed by atoms with Gasteiger partial charge in [0.2, 0.25) is 18.6 Å². The Morgan fingerprint density at radius 3 is 2.72 bits per heavy atom. The third-order valence-corrected chi connectivity index (χ3v) is 9.14. The summed E-state index contributed by atoms with van der Waals surface area (Å²) >= 11 is 14.3. The van der Waals surface area contributed by atoms with Gasteiger partial charge in [0, 0.05) is 49.0 Å². The van der Waals surface area contributed by atoms with Crippen LogP contribution in [0.5, 0.6) is 11.5 Å². The van der Waals surface area contributed by atoms with Gasteiger partial charge < -0.3 is 30.1 Å². The van der Waals surface area contributed by atoms with Gasteiger partial charge in [0.1, 0.15) is 0 Å². The molecule has 43 heavy (non-hydrogen) atoms. The quantitative estimate of drug-likeness (QED) is 0.279. The highest BCUT2D eigenvalue weighted by atomic mass is 35.5. The average molecular weight is 645 g/mol. The molecule has 2 aliphatic rings. The Morgan fingerprint density at radius 2 is 1.98 bits per heavy atom. The largest absolute Gasteiger partial charge is 0.481 e. The molecule has 2 aromatic carbocycles. The first-order valence-corrected chi connectivity index (χ1v) is 15.0. The van der Waals surface area contributed by atoms with E-state index in [1.807, 2.05) is 17.5 Å². The molecule has 1 atom stereocenters. The summed E-state index contributed by atoms with van der Waals surface area (Å²) in [6.45, 7) is 2.20. The molecule has 0 saturated carbocycles. The number of carbonyl (C=O) groups excluding carboxylic acids is 3. The summed E-state index contributed by atoms with van der Waals surface area (Å²) in [5, 5.41) is 18.5. The number of nitrogens with zero attached hydrogens (tertiary/aromatic N) is 1. The lowest BCUT2D eigenvalue weighted by Crippen LogP contribution is -2.42. The van der Waals surface area contributed by atoms with E-state index in [9.17, 15) is 24.3 Å². The molecule has 0 saturated heterocycles. The highest BCUT2D eigenvalue weighted by Crippen LogP contribution is 2.38. The normalized spacial score (nSPS) is 15.0. The first kappa shape index (κ1) is 30.4. The number of carbonyl (C=O) groups is 4. The summed E-state index contributed by atoms with van der Waals surface area (Å²) in [7, 11) is 0. The number of carboxylic acids is 1. The maximum atomic E-state index is 13.0. The number of hydrogen-bond acceptors (Lipinski definition) is 7.